The van der Waals surface area contributed by atoms with Crippen LogP contribution in [-0.2, 0) is 0 Å². The second-order valence-corrected chi connectivity index (χ2v) is 6.41. The molecule has 1 saturated heterocycles. The van der Waals surface area contributed by atoms with Crippen LogP contribution in [0.25, 0.3) is 0 Å². The van der Waals surface area contributed by atoms with Crippen LogP contribution in [-0.4, -0.2) is 36.4 Å². The average Bonchev–Trinajstić information content (AvgIpc) is 3.01. The Morgan fingerprint density at radius 2 is 2.09 bits per heavy atom. The summed E-state index contributed by atoms with van der Waals surface area (Å²) in [5, 5.41) is 14.8. The molecule has 1 fully saturated rings. The number of aliphatic hydroxyl groups excluding tert-OH is 1. The fourth-order valence-electron chi connectivity index (χ4n) is 2.97. The Bertz CT molecular complexity index is 547. The van der Waals surface area contributed by atoms with E-state index in [-0.39, 0.29) is 12.4 Å². The van der Waals surface area contributed by atoms with Crippen molar-refractivity contribution >= 4 is 17.4 Å². The van der Waals surface area contributed by atoms with Crippen LogP contribution in [0.4, 0.5) is 20.6 Å². The fourth-order valence-corrected chi connectivity index (χ4v) is 2.97. The van der Waals surface area contributed by atoms with Gasteiger partial charge in [-0.1, -0.05) is 13.3 Å². The van der Waals surface area contributed by atoms with Crippen LogP contribution in [0.5, 0.6) is 0 Å². The van der Waals surface area contributed by atoms with E-state index in [1.54, 1.807) is 19.1 Å². The van der Waals surface area contributed by atoms with E-state index >= 15 is 0 Å². The van der Waals surface area contributed by atoms with E-state index in [1.165, 1.54) is 6.07 Å². The molecule has 0 aromatic heterocycles. The Kier molecular flexibility index (Phi) is 5.82. The van der Waals surface area contributed by atoms with Crippen molar-refractivity contribution in [2.24, 2.45) is 0 Å². The first-order chi connectivity index (χ1) is 11.0. The predicted octanol–water partition coefficient (Wildman–Crippen LogP) is 3.10. The Balaban J connectivity index is 1.99. The van der Waals surface area contributed by atoms with Crippen molar-refractivity contribution in [3.63, 3.8) is 0 Å². The quantitative estimate of drug-likeness (QED) is 0.754. The topological polar surface area (TPSA) is 64.6 Å². The number of amides is 2. The van der Waals surface area contributed by atoms with Gasteiger partial charge in [0.1, 0.15) is 5.82 Å². The lowest BCUT2D eigenvalue weighted by Crippen LogP contribution is -2.50. The summed E-state index contributed by atoms with van der Waals surface area (Å²) in [4.78, 5) is 14.1. The molecule has 1 aliphatic heterocycles. The average molecular weight is 323 g/mol. The lowest BCUT2D eigenvalue weighted by atomic mass is 9.98. The molecule has 1 heterocycles. The molecule has 23 heavy (non-hydrogen) atoms. The molecule has 0 saturated carbocycles. The summed E-state index contributed by atoms with van der Waals surface area (Å²) < 4.78 is 14.2. The number of nitrogens with one attached hydrogen (secondary N) is 2. The number of carbonyl (C=O) groups is 1. The zero-order valence-electron chi connectivity index (χ0n) is 13.9. The second-order valence-electron chi connectivity index (χ2n) is 6.41. The van der Waals surface area contributed by atoms with Crippen LogP contribution < -0.4 is 15.5 Å². The maximum Gasteiger partial charge on any atom is 0.319 e. The minimum atomic E-state index is -0.674. The molecule has 0 bridgehead atoms. The van der Waals surface area contributed by atoms with Crippen LogP contribution in [0.2, 0.25) is 0 Å². The monoisotopic (exact) mass is 323 g/mol. The largest absolute Gasteiger partial charge is 0.394 e. The third-order valence-electron chi connectivity index (χ3n) is 4.22. The van der Waals surface area contributed by atoms with Gasteiger partial charge in [-0.2, -0.15) is 0 Å². The van der Waals surface area contributed by atoms with Crippen molar-refractivity contribution in [3.05, 3.63) is 24.0 Å². The van der Waals surface area contributed by atoms with Gasteiger partial charge in [0.25, 0.3) is 0 Å². The summed E-state index contributed by atoms with van der Waals surface area (Å²) in [5.74, 6) is -0.330. The standard InChI is InChI=1S/C17H26FN3O2/c1-3-8-17(2,12-22)20-16(23)19-13-6-7-15(14(18)11-13)21-9-4-5-10-21/h6-7,11,22H,3-5,8-10,12H2,1-2H3,(H2,19,20,23). The van der Waals surface area contributed by atoms with Crippen molar-refractivity contribution in [1.82, 2.24) is 5.32 Å². The molecule has 2 amide bonds. The van der Waals surface area contributed by atoms with Crippen LogP contribution in [0.15, 0.2) is 18.2 Å². The minimum Gasteiger partial charge on any atom is -0.394 e. The SMILES string of the molecule is CCCC(C)(CO)NC(=O)Nc1ccc(N2CCCC2)c(F)c1. The van der Waals surface area contributed by atoms with Crippen molar-refractivity contribution in [2.75, 3.05) is 29.9 Å². The van der Waals surface area contributed by atoms with Gasteiger partial charge >= 0.3 is 6.03 Å². The Morgan fingerprint density at radius 1 is 1.39 bits per heavy atom. The summed E-state index contributed by atoms with van der Waals surface area (Å²) >= 11 is 0. The molecule has 1 aliphatic rings. The highest BCUT2D eigenvalue weighted by atomic mass is 19.1. The van der Waals surface area contributed by atoms with Gasteiger partial charge in [0.15, 0.2) is 0 Å². The van der Waals surface area contributed by atoms with Crippen LogP contribution in [0, 0.1) is 5.82 Å². The third-order valence-corrected chi connectivity index (χ3v) is 4.22. The lowest BCUT2D eigenvalue weighted by Gasteiger charge is -2.28. The summed E-state index contributed by atoms with van der Waals surface area (Å²) in [6, 6.07) is 4.30. The lowest BCUT2D eigenvalue weighted by molar-refractivity contribution is 0.167. The Morgan fingerprint density at radius 3 is 2.65 bits per heavy atom. The number of benzene rings is 1. The van der Waals surface area contributed by atoms with Crippen molar-refractivity contribution < 1.29 is 14.3 Å². The van der Waals surface area contributed by atoms with Gasteiger partial charge in [0, 0.05) is 18.8 Å². The molecule has 6 heteroatoms. The number of aliphatic hydroxyl groups is 1. The highest BCUT2D eigenvalue weighted by molar-refractivity contribution is 5.90. The molecule has 3 N–H and O–H groups in total. The van der Waals surface area contributed by atoms with Crippen molar-refractivity contribution in [3.8, 4) is 0 Å². The van der Waals surface area contributed by atoms with E-state index in [4.69, 9.17) is 0 Å². The second kappa shape index (κ2) is 7.64. The number of nitrogens with zero attached hydrogens (tertiary/aromatic N) is 1. The molecule has 1 atom stereocenters. The molecule has 5 nitrogen and oxygen atoms in total. The summed E-state index contributed by atoms with van der Waals surface area (Å²) in [6.07, 6.45) is 3.67. The third kappa shape index (κ3) is 4.58. The van der Waals surface area contributed by atoms with Crippen LogP contribution >= 0.6 is 0 Å². The number of carbonyl (C=O) groups excluding carboxylic acids is 1. The fraction of sp³-hybridized carbons (Fsp3) is 0.588. The number of halogens is 1. The van der Waals surface area contributed by atoms with Crippen LogP contribution in [0.3, 0.4) is 0 Å². The number of hydrogen-bond donors (Lipinski definition) is 3. The van der Waals surface area contributed by atoms with Gasteiger partial charge in [0.05, 0.1) is 17.8 Å². The van der Waals surface area contributed by atoms with Gasteiger partial charge in [-0.15, -0.1) is 0 Å². The van der Waals surface area contributed by atoms with Gasteiger partial charge in [-0.3, -0.25) is 0 Å². The van der Waals surface area contributed by atoms with E-state index < -0.39 is 11.6 Å². The van der Waals surface area contributed by atoms with Gasteiger partial charge < -0.3 is 20.6 Å². The number of hydrogen-bond acceptors (Lipinski definition) is 3. The normalized spacial score (nSPS) is 17.0. The highest BCUT2D eigenvalue weighted by Crippen LogP contribution is 2.26. The number of urea groups is 1. The zero-order valence-corrected chi connectivity index (χ0v) is 13.9. The Hall–Kier alpha value is -1.82. The minimum absolute atomic E-state index is 0.142. The first-order valence-corrected chi connectivity index (χ1v) is 8.22. The maximum atomic E-state index is 14.2. The molecule has 0 aliphatic carbocycles. The van der Waals surface area contributed by atoms with E-state index in [1.807, 2.05) is 11.8 Å². The molecular weight excluding hydrogens is 297 g/mol. The number of rotatable bonds is 6. The molecule has 1 unspecified atom stereocenters. The van der Waals surface area contributed by atoms with Crippen LogP contribution in [0.1, 0.15) is 39.5 Å². The van der Waals surface area contributed by atoms with Gasteiger partial charge in [-0.05, 0) is 44.4 Å². The maximum absolute atomic E-state index is 14.2. The molecule has 0 spiro atoms. The smallest absolute Gasteiger partial charge is 0.319 e. The summed E-state index contributed by atoms with van der Waals surface area (Å²) in [5.41, 5.74) is 0.312. The predicted molar refractivity (Wildman–Crippen MR) is 90.4 cm³/mol. The molecule has 128 valence electrons. The zero-order chi connectivity index (χ0) is 16.9. The summed E-state index contributed by atoms with van der Waals surface area (Å²) in [6.45, 7) is 5.37. The molecular formula is C17H26FN3O2. The molecule has 2 rings (SSSR count). The van der Waals surface area contributed by atoms with Crippen molar-refractivity contribution in [2.45, 2.75) is 45.1 Å². The van der Waals surface area contributed by atoms with Gasteiger partial charge in [0.2, 0.25) is 0 Å². The summed E-state index contributed by atoms with van der Waals surface area (Å²) in [7, 11) is 0. The molecule has 1 aromatic carbocycles. The van der Waals surface area contributed by atoms with E-state index in [9.17, 15) is 14.3 Å². The molecule has 1 aromatic rings. The first-order valence-electron chi connectivity index (χ1n) is 8.22. The van der Waals surface area contributed by atoms with E-state index in [2.05, 4.69) is 10.6 Å². The van der Waals surface area contributed by atoms with Gasteiger partial charge in [-0.25, -0.2) is 9.18 Å². The molecule has 0 radical (unpaired) electrons. The highest BCUT2D eigenvalue weighted by Gasteiger charge is 2.24. The van der Waals surface area contributed by atoms with Crippen molar-refractivity contribution in [1.29, 1.82) is 0 Å². The number of anilines is 2. The van der Waals surface area contributed by atoms with E-state index in [0.29, 0.717) is 17.8 Å². The van der Waals surface area contributed by atoms with E-state index in [0.717, 1.165) is 32.4 Å². The first kappa shape index (κ1) is 17.5. The Labute approximate surface area is 136 Å².